The molecule has 0 fully saturated rings. The maximum absolute atomic E-state index is 12.1. The monoisotopic (exact) mass is 361 g/mol. The van der Waals surface area contributed by atoms with E-state index in [2.05, 4.69) is 5.32 Å². The molecule has 0 aromatic heterocycles. The summed E-state index contributed by atoms with van der Waals surface area (Å²) in [6.07, 6.45) is 5.30. The minimum Gasteiger partial charge on any atom is -0.329 e. The Bertz CT molecular complexity index is 478. The number of carbonyl (C=O) groups excluding carboxylic acids is 2. The van der Waals surface area contributed by atoms with E-state index in [1.807, 2.05) is 0 Å². The predicted octanol–water partition coefficient (Wildman–Crippen LogP) is 3.40. The van der Waals surface area contributed by atoms with Gasteiger partial charge >= 0.3 is 0 Å². The lowest BCUT2D eigenvalue weighted by Crippen LogP contribution is -2.36. The Hall–Kier alpha value is -1.07. The zero-order valence-electron chi connectivity index (χ0n) is 13.6. The van der Waals surface area contributed by atoms with Crippen LogP contribution in [0.25, 0.3) is 0 Å². The van der Waals surface area contributed by atoms with Gasteiger partial charge in [-0.2, -0.15) is 0 Å². The molecule has 0 aliphatic heterocycles. The normalized spacial score (nSPS) is 14.6. The summed E-state index contributed by atoms with van der Waals surface area (Å²) in [5.41, 5.74) is 1.54. The van der Waals surface area contributed by atoms with Crippen LogP contribution in [0.15, 0.2) is 11.3 Å². The fourth-order valence-electron chi connectivity index (χ4n) is 2.48. The quantitative estimate of drug-likeness (QED) is 0.395. The van der Waals surface area contributed by atoms with Gasteiger partial charge in [-0.05, 0) is 38.5 Å². The number of hydrogen-bond donors (Lipinski definition) is 2. The van der Waals surface area contributed by atoms with E-state index in [1.54, 1.807) is 7.05 Å². The Labute approximate surface area is 147 Å². The fourth-order valence-corrected chi connectivity index (χ4v) is 2.74. The number of rotatable bonds is 8. The lowest BCUT2D eigenvalue weighted by atomic mass is 9.94. The molecule has 0 heterocycles. The van der Waals surface area contributed by atoms with Crippen molar-refractivity contribution < 1.29 is 9.59 Å². The van der Waals surface area contributed by atoms with Crippen LogP contribution in [0, 0.1) is 5.41 Å². The third kappa shape index (κ3) is 6.51. The Morgan fingerprint density at radius 1 is 1.13 bits per heavy atom. The minimum absolute atomic E-state index is 0.0797. The molecular weight excluding hydrogens is 337 g/mol. The lowest BCUT2D eigenvalue weighted by Gasteiger charge is -2.26. The molecule has 130 valence electrons. The van der Waals surface area contributed by atoms with Crippen molar-refractivity contribution in [1.82, 2.24) is 10.2 Å². The van der Waals surface area contributed by atoms with Gasteiger partial charge in [-0.25, -0.2) is 0 Å². The smallest absolute Gasteiger partial charge is 0.227 e. The molecule has 0 aromatic carbocycles. The van der Waals surface area contributed by atoms with Gasteiger partial charge in [0.15, 0.2) is 0 Å². The molecule has 0 saturated heterocycles. The van der Waals surface area contributed by atoms with Crippen molar-refractivity contribution in [2.45, 2.75) is 51.4 Å². The highest BCUT2D eigenvalue weighted by Gasteiger charge is 2.23. The van der Waals surface area contributed by atoms with Gasteiger partial charge in [-0.3, -0.25) is 15.0 Å². The topological polar surface area (TPSA) is 73.3 Å². The molecule has 0 saturated carbocycles. The second-order valence-electron chi connectivity index (χ2n) is 5.60. The molecule has 0 atom stereocenters. The van der Waals surface area contributed by atoms with E-state index in [0.717, 1.165) is 30.5 Å². The molecule has 1 aliphatic carbocycles. The zero-order chi connectivity index (χ0) is 17.2. The zero-order valence-corrected chi connectivity index (χ0v) is 15.1. The molecule has 0 spiro atoms. The van der Waals surface area contributed by atoms with E-state index in [1.165, 1.54) is 4.90 Å². The second-order valence-corrected chi connectivity index (χ2v) is 6.35. The summed E-state index contributed by atoms with van der Waals surface area (Å²) in [5, 5.41) is 11.2. The number of allylic oxidation sites excluding steroid dienone is 1. The van der Waals surface area contributed by atoms with E-state index >= 15 is 0 Å². The first-order valence-corrected chi connectivity index (χ1v) is 9.07. The maximum Gasteiger partial charge on any atom is 0.227 e. The molecular formula is C16H25Cl2N3O2. The SMILES string of the molecule is CN(C(=N)C1=C(NC(=O)CCCCl)CCCC1)C(=O)CCCCl. The highest BCUT2D eigenvalue weighted by atomic mass is 35.5. The summed E-state index contributed by atoms with van der Waals surface area (Å²) >= 11 is 11.2. The third-order valence-electron chi connectivity index (χ3n) is 3.82. The van der Waals surface area contributed by atoms with Crippen molar-refractivity contribution >= 4 is 40.9 Å². The van der Waals surface area contributed by atoms with Crippen molar-refractivity contribution in [2.75, 3.05) is 18.8 Å². The second kappa shape index (κ2) is 10.7. The first kappa shape index (κ1) is 20.0. The lowest BCUT2D eigenvalue weighted by molar-refractivity contribution is -0.126. The Morgan fingerprint density at radius 2 is 1.74 bits per heavy atom. The molecule has 2 N–H and O–H groups in total. The molecule has 5 nitrogen and oxygen atoms in total. The van der Waals surface area contributed by atoms with Crippen LogP contribution in [0.3, 0.4) is 0 Å². The largest absolute Gasteiger partial charge is 0.329 e. The maximum atomic E-state index is 12.1. The number of halogens is 2. The number of amides is 2. The molecule has 0 unspecified atom stereocenters. The van der Waals surface area contributed by atoms with Crippen molar-refractivity contribution in [3.05, 3.63) is 11.3 Å². The van der Waals surface area contributed by atoms with Gasteiger partial charge < -0.3 is 10.2 Å². The number of nitrogens with one attached hydrogen (secondary N) is 2. The van der Waals surface area contributed by atoms with Gasteiger partial charge in [-0.1, -0.05) is 0 Å². The highest BCUT2D eigenvalue weighted by Crippen LogP contribution is 2.25. The molecule has 7 heteroatoms. The van der Waals surface area contributed by atoms with Crippen molar-refractivity contribution in [3.63, 3.8) is 0 Å². The summed E-state index contributed by atoms with van der Waals surface area (Å²) in [6.45, 7) is 0. The number of amidine groups is 1. The Balaban J connectivity index is 2.79. The summed E-state index contributed by atoms with van der Waals surface area (Å²) in [6, 6.07) is 0. The first-order valence-electron chi connectivity index (χ1n) is 8.00. The molecule has 2 amide bonds. The summed E-state index contributed by atoms with van der Waals surface area (Å²) in [7, 11) is 1.60. The number of carbonyl (C=O) groups is 2. The van der Waals surface area contributed by atoms with Gasteiger partial charge in [0.25, 0.3) is 0 Å². The molecule has 0 aromatic rings. The Kier molecular flexibility index (Phi) is 9.26. The van der Waals surface area contributed by atoms with Crippen molar-refractivity contribution in [2.24, 2.45) is 0 Å². The van der Waals surface area contributed by atoms with Gasteiger partial charge in [0.05, 0.1) is 0 Å². The van der Waals surface area contributed by atoms with E-state index in [0.29, 0.717) is 43.9 Å². The van der Waals surface area contributed by atoms with Gasteiger partial charge in [0.2, 0.25) is 11.8 Å². The van der Waals surface area contributed by atoms with Gasteiger partial charge in [-0.15, -0.1) is 23.2 Å². The molecule has 0 bridgehead atoms. The third-order valence-corrected chi connectivity index (χ3v) is 4.35. The van der Waals surface area contributed by atoms with Gasteiger partial charge in [0, 0.05) is 42.9 Å². The van der Waals surface area contributed by atoms with Crippen LogP contribution in [-0.4, -0.2) is 41.4 Å². The number of likely N-dealkylation sites (N-methyl/N-ethyl adjacent to an activating group) is 1. The molecule has 0 radical (unpaired) electrons. The van der Waals surface area contributed by atoms with Crippen LogP contribution >= 0.6 is 23.2 Å². The van der Waals surface area contributed by atoms with E-state index in [4.69, 9.17) is 28.6 Å². The predicted molar refractivity (Wildman–Crippen MR) is 94.0 cm³/mol. The van der Waals surface area contributed by atoms with Gasteiger partial charge in [0.1, 0.15) is 5.84 Å². The molecule has 23 heavy (non-hydrogen) atoms. The average Bonchev–Trinajstić information content (AvgIpc) is 2.57. The minimum atomic E-state index is -0.124. The van der Waals surface area contributed by atoms with E-state index < -0.39 is 0 Å². The summed E-state index contributed by atoms with van der Waals surface area (Å²) < 4.78 is 0. The van der Waals surface area contributed by atoms with E-state index in [9.17, 15) is 9.59 Å². The molecule has 1 aliphatic rings. The van der Waals surface area contributed by atoms with Crippen LogP contribution in [-0.2, 0) is 9.59 Å². The molecule has 1 rings (SSSR count). The fraction of sp³-hybridized carbons (Fsp3) is 0.688. The van der Waals surface area contributed by atoms with Crippen molar-refractivity contribution in [3.8, 4) is 0 Å². The average molecular weight is 362 g/mol. The number of nitrogens with zero attached hydrogens (tertiary/aromatic N) is 1. The number of hydrogen-bond acceptors (Lipinski definition) is 3. The number of alkyl halides is 2. The Morgan fingerprint density at radius 3 is 2.39 bits per heavy atom. The van der Waals surface area contributed by atoms with Crippen LogP contribution in [0.2, 0.25) is 0 Å². The van der Waals surface area contributed by atoms with Crippen molar-refractivity contribution in [1.29, 1.82) is 5.41 Å². The summed E-state index contributed by atoms with van der Waals surface area (Å²) in [4.78, 5) is 25.3. The standard InChI is InChI=1S/C16H25Cl2N3O2/c1-21(15(23)9-5-11-18)16(19)12-6-2-3-7-13(12)20-14(22)8-4-10-17/h19H,2-11H2,1H3,(H,20,22). The van der Waals surface area contributed by atoms with Crippen LogP contribution < -0.4 is 5.32 Å². The first-order chi connectivity index (χ1) is 11.0. The summed E-state index contributed by atoms with van der Waals surface area (Å²) in [5.74, 6) is 0.854. The highest BCUT2D eigenvalue weighted by molar-refractivity contribution is 6.18. The van der Waals surface area contributed by atoms with Crippen LogP contribution in [0.1, 0.15) is 51.4 Å². The van der Waals surface area contributed by atoms with E-state index in [-0.39, 0.29) is 17.6 Å². The van der Waals surface area contributed by atoms with Crippen LogP contribution in [0.5, 0.6) is 0 Å². The van der Waals surface area contributed by atoms with Crippen LogP contribution in [0.4, 0.5) is 0 Å².